The first-order valence-electron chi connectivity index (χ1n) is 8.76. The average Bonchev–Trinajstić information content (AvgIpc) is 2.76. The maximum atomic E-state index is 13.6. The first kappa shape index (κ1) is 16.7. The Labute approximate surface area is 142 Å². The van der Waals surface area contributed by atoms with E-state index in [0.29, 0.717) is 11.5 Å². The van der Waals surface area contributed by atoms with Crippen molar-refractivity contribution in [1.29, 1.82) is 0 Å². The maximum Gasteiger partial charge on any atom is 0.271 e. The van der Waals surface area contributed by atoms with Gasteiger partial charge in [0.05, 0.1) is 5.69 Å². The molecule has 2 heterocycles. The van der Waals surface area contributed by atoms with Crippen molar-refractivity contribution in [2.24, 2.45) is 0 Å². The molecule has 1 aliphatic rings. The highest BCUT2D eigenvalue weighted by Gasteiger charge is 2.24. The molecule has 1 N–H and O–H groups in total. The van der Waals surface area contributed by atoms with Crippen molar-refractivity contribution in [1.82, 2.24) is 14.9 Å². The third-order valence-corrected chi connectivity index (χ3v) is 4.66. The van der Waals surface area contributed by atoms with Crippen LogP contribution in [0.3, 0.4) is 0 Å². The van der Waals surface area contributed by atoms with Crippen LogP contribution in [-0.4, -0.2) is 21.5 Å². The Bertz CT molecular complexity index is 738. The van der Waals surface area contributed by atoms with Gasteiger partial charge in [0.2, 0.25) is 0 Å². The van der Waals surface area contributed by atoms with Gasteiger partial charge in [-0.2, -0.15) is 0 Å². The molecule has 3 rings (SSSR count). The number of nitrogens with zero attached hydrogens (tertiary/aromatic N) is 2. The lowest BCUT2D eigenvalue weighted by Crippen LogP contribution is -2.32. The predicted molar refractivity (Wildman–Crippen MR) is 92.4 cm³/mol. The molecule has 1 aliphatic heterocycles. The lowest BCUT2D eigenvalue weighted by Gasteiger charge is -2.11. The SMILES string of the molecule is CC[C@@H](C)NC(=O)c1nc(-c2cccc(F)c2)n2c1CCCCC2. The molecule has 0 fully saturated rings. The molecule has 5 heteroatoms. The van der Waals surface area contributed by atoms with Crippen LogP contribution in [0.5, 0.6) is 0 Å². The summed E-state index contributed by atoms with van der Waals surface area (Å²) in [5.74, 6) is 0.280. The minimum atomic E-state index is -0.288. The van der Waals surface area contributed by atoms with Crippen LogP contribution >= 0.6 is 0 Å². The molecule has 1 atom stereocenters. The van der Waals surface area contributed by atoms with Crippen LogP contribution < -0.4 is 5.32 Å². The molecule has 2 aromatic rings. The van der Waals surface area contributed by atoms with E-state index in [4.69, 9.17) is 0 Å². The van der Waals surface area contributed by atoms with Gasteiger partial charge < -0.3 is 9.88 Å². The smallest absolute Gasteiger partial charge is 0.271 e. The number of imidazole rings is 1. The first-order valence-corrected chi connectivity index (χ1v) is 8.76. The molecule has 0 unspecified atom stereocenters. The molecule has 0 saturated heterocycles. The molecular weight excluding hydrogens is 305 g/mol. The van der Waals surface area contributed by atoms with Gasteiger partial charge in [0, 0.05) is 18.2 Å². The van der Waals surface area contributed by atoms with Gasteiger partial charge in [-0.25, -0.2) is 9.37 Å². The second kappa shape index (κ2) is 7.16. The minimum absolute atomic E-state index is 0.109. The summed E-state index contributed by atoms with van der Waals surface area (Å²) in [6.07, 6.45) is 4.96. The van der Waals surface area contributed by atoms with Crippen molar-refractivity contribution in [3.8, 4) is 11.4 Å². The Balaban J connectivity index is 2.05. The zero-order chi connectivity index (χ0) is 17.1. The van der Waals surface area contributed by atoms with Gasteiger partial charge in [-0.05, 0) is 44.7 Å². The van der Waals surface area contributed by atoms with E-state index in [2.05, 4.69) is 14.9 Å². The van der Waals surface area contributed by atoms with E-state index in [0.717, 1.165) is 49.9 Å². The fraction of sp³-hybridized carbons (Fsp3) is 0.474. The first-order chi connectivity index (χ1) is 11.6. The number of benzene rings is 1. The number of aromatic nitrogens is 2. The number of fused-ring (bicyclic) bond motifs is 1. The molecule has 1 aromatic carbocycles. The molecule has 0 aliphatic carbocycles. The summed E-state index contributed by atoms with van der Waals surface area (Å²) in [6.45, 7) is 4.85. The number of halogens is 1. The Hall–Kier alpha value is -2.17. The monoisotopic (exact) mass is 329 g/mol. The van der Waals surface area contributed by atoms with E-state index in [-0.39, 0.29) is 17.8 Å². The lowest BCUT2D eigenvalue weighted by molar-refractivity contribution is 0.0933. The summed E-state index contributed by atoms with van der Waals surface area (Å²) in [5, 5.41) is 3.00. The number of carbonyl (C=O) groups excluding carboxylic acids is 1. The number of rotatable bonds is 4. The van der Waals surface area contributed by atoms with Crippen LogP contribution in [-0.2, 0) is 13.0 Å². The Morgan fingerprint density at radius 2 is 2.21 bits per heavy atom. The zero-order valence-corrected chi connectivity index (χ0v) is 14.3. The molecule has 1 aromatic heterocycles. The Morgan fingerprint density at radius 1 is 1.38 bits per heavy atom. The standard InChI is InChI=1S/C19H24FN3O/c1-3-13(2)21-19(24)17-16-10-5-4-6-11-23(16)18(22-17)14-8-7-9-15(20)12-14/h7-9,12-13H,3-6,10-11H2,1-2H3,(H,21,24)/t13-/m1/s1. The van der Waals surface area contributed by atoms with Gasteiger partial charge in [-0.1, -0.05) is 25.5 Å². The molecule has 4 nitrogen and oxygen atoms in total. The fourth-order valence-corrected chi connectivity index (χ4v) is 3.14. The molecule has 24 heavy (non-hydrogen) atoms. The topological polar surface area (TPSA) is 46.9 Å². The van der Waals surface area contributed by atoms with Crippen molar-refractivity contribution in [3.63, 3.8) is 0 Å². The summed E-state index contributed by atoms with van der Waals surface area (Å²) >= 11 is 0. The van der Waals surface area contributed by atoms with Gasteiger partial charge in [0.15, 0.2) is 0 Å². The minimum Gasteiger partial charge on any atom is -0.348 e. The van der Waals surface area contributed by atoms with Crippen LogP contribution in [0.4, 0.5) is 4.39 Å². The molecule has 128 valence electrons. The highest BCUT2D eigenvalue weighted by Crippen LogP contribution is 2.27. The van der Waals surface area contributed by atoms with E-state index in [1.165, 1.54) is 12.1 Å². The van der Waals surface area contributed by atoms with Crippen LogP contribution in [0.25, 0.3) is 11.4 Å². The van der Waals surface area contributed by atoms with Crippen LogP contribution in [0.1, 0.15) is 55.7 Å². The number of hydrogen-bond acceptors (Lipinski definition) is 2. The second-order valence-corrected chi connectivity index (χ2v) is 6.49. The van der Waals surface area contributed by atoms with Gasteiger partial charge in [-0.3, -0.25) is 4.79 Å². The second-order valence-electron chi connectivity index (χ2n) is 6.49. The molecule has 0 spiro atoms. The predicted octanol–water partition coefficient (Wildman–Crippen LogP) is 3.94. The van der Waals surface area contributed by atoms with E-state index < -0.39 is 0 Å². The highest BCUT2D eigenvalue weighted by molar-refractivity contribution is 5.94. The summed E-state index contributed by atoms with van der Waals surface area (Å²) in [7, 11) is 0. The highest BCUT2D eigenvalue weighted by atomic mass is 19.1. The van der Waals surface area contributed by atoms with Crippen LogP contribution in [0.15, 0.2) is 24.3 Å². The van der Waals surface area contributed by atoms with E-state index >= 15 is 0 Å². The van der Waals surface area contributed by atoms with Crippen molar-refractivity contribution in [2.75, 3.05) is 0 Å². The molecule has 0 saturated carbocycles. The maximum absolute atomic E-state index is 13.6. The van der Waals surface area contributed by atoms with Crippen molar-refractivity contribution in [2.45, 2.75) is 58.5 Å². The number of amides is 1. The molecule has 0 radical (unpaired) electrons. The lowest BCUT2D eigenvalue weighted by atomic mass is 10.1. The van der Waals surface area contributed by atoms with E-state index in [1.54, 1.807) is 6.07 Å². The summed E-state index contributed by atoms with van der Waals surface area (Å²) in [4.78, 5) is 17.3. The molecule has 0 bridgehead atoms. The molecular formula is C19H24FN3O. The van der Waals surface area contributed by atoms with Crippen molar-refractivity contribution < 1.29 is 9.18 Å². The average molecular weight is 329 g/mol. The third-order valence-electron chi connectivity index (χ3n) is 4.66. The Morgan fingerprint density at radius 3 is 2.96 bits per heavy atom. The largest absolute Gasteiger partial charge is 0.348 e. The number of hydrogen-bond donors (Lipinski definition) is 1. The normalized spacial score (nSPS) is 15.5. The van der Waals surface area contributed by atoms with E-state index in [9.17, 15) is 9.18 Å². The summed E-state index contributed by atoms with van der Waals surface area (Å²) < 4.78 is 15.7. The van der Waals surface area contributed by atoms with Crippen molar-refractivity contribution in [3.05, 3.63) is 41.5 Å². The number of carbonyl (C=O) groups is 1. The zero-order valence-electron chi connectivity index (χ0n) is 14.3. The fourth-order valence-electron chi connectivity index (χ4n) is 3.14. The summed E-state index contributed by atoms with van der Waals surface area (Å²) in [6, 6.07) is 6.55. The molecule has 1 amide bonds. The third kappa shape index (κ3) is 3.35. The van der Waals surface area contributed by atoms with Crippen molar-refractivity contribution >= 4 is 5.91 Å². The quantitative estimate of drug-likeness (QED) is 0.923. The van der Waals surface area contributed by atoms with Gasteiger partial charge in [-0.15, -0.1) is 0 Å². The van der Waals surface area contributed by atoms with Gasteiger partial charge in [0.1, 0.15) is 17.3 Å². The number of nitrogens with one attached hydrogen (secondary N) is 1. The van der Waals surface area contributed by atoms with Gasteiger partial charge >= 0.3 is 0 Å². The van der Waals surface area contributed by atoms with Gasteiger partial charge in [0.25, 0.3) is 5.91 Å². The van der Waals surface area contributed by atoms with Crippen LogP contribution in [0, 0.1) is 5.82 Å². The summed E-state index contributed by atoms with van der Waals surface area (Å²) in [5.41, 5.74) is 2.20. The van der Waals surface area contributed by atoms with E-state index in [1.807, 2.05) is 19.9 Å². The Kier molecular flexibility index (Phi) is 4.97. The van der Waals surface area contributed by atoms with Crippen LogP contribution in [0.2, 0.25) is 0 Å².